The molecule has 0 saturated carbocycles. The van der Waals surface area contributed by atoms with Crippen LogP contribution >= 0.6 is 0 Å². The van der Waals surface area contributed by atoms with Crippen LogP contribution in [0.15, 0.2) is 97.1 Å². The number of ether oxygens (including phenoxy) is 1. The largest absolute Gasteiger partial charge is 0.494 e. The van der Waals surface area contributed by atoms with Crippen LogP contribution in [-0.2, 0) is 6.42 Å². The Hall–Kier alpha value is -4.34. The average molecular weight is 513 g/mol. The van der Waals surface area contributed by atoms with Crippen LogP contribution in [0.25, 0.3) is 22.3 Å². The Morgan fingerprint density at radius 3 is 1.28 bits per heavy atom. The van der Waals surface area contributed by atoms with Gasteiger partial charge >= 0.3 is 0 Å². The molecule has 0 aliphatic carbocycles. The third-order valence-corrected chi connectivity index (χ3v) is 7.13. The maximum Gasteiger partial charge on any atom is 0.119 e. The molecule has 39 heavy (non-hydrogen) atoms. The predicted octanol–water partition coefficient (Wildman–Crippen LogP) is 9.51. The van der Waals surface area contributed by atoms with E-state index in [9.17, 15) is 0 Å². The van der Waals surface area contributed by atoms with E-state index in [1.54, 1.807) is 0 Å². The van der Waals surface area contributed by atoms with Crippen LogP contribution in [0.1, 0.15) is 68.1 Å². The summed E-state index contributed by atoms with van der Waals surface area (Å²) in [6, 6.07) is 36.8. The Labute approximate surface area is 233 Å². The normalized spacial score (nSPS) is 10.5. The molecule has 4 aromatic rings. The van der Waals surface area contributed by atoms with Crippen LogP contribution in [0.3, 0.4) is 0 Å². The number of unbranched alkanes of at least 4 members (excludes halogenated alkanes) is 7. The zero-order chi connectivity index (χ0) is 27.1. The Morgan fingerprint density at radius 1 is 0.436 bits per heavy atom. The van der Waals surface area contributed by atoms with Crippen LogP contribution in [0.2, 0.25) is 0 Å². The summed E-state index contributed by atoms with van der Waals surface area (Å²) in [5.41, 5.74) is 7.37. The van der Waals surface area contributed by atoms with Gasteiger partial charge in [0.15, 0.2) is 0 Å². The van der Waals surface area contributed by atoms with E-state index < -0.39 is 0 Å². The fraction of sp³-hybridized carbons (Fsp3) is 0.278. The Balaban J connectivity index is 1.01. The molecule has 0 amide bonds. The lowest BCUT2D eigenvalue weighted by atomic mass is 10.00. The van der Waals surface area contributed by atoms with Crippen LogP contribution in [0.5, 0.6) is 5.75 Å². The van der Waals surface area contributed by atoms with Gasteiger partial charge in [-0.15, -0.1) is 0 Å². The van der Waals surface area contributed by atoms with Crippen molar-refractivity contribution in [2.45, 2.75) is 57.8 Å². The van der Waals surface area contributed by atoms with Gasteiger partial charge in [-0.2, -0.15) is 10.5 Å². The van der Waals surface area contributed by atoms with Gasteiger partial charge in [0.25, 0.3) is 0 Å². The number of nitrogens with zero attached hydrogens (tertiary/aromatic N) is 2. The molecule has 3 nitrogen and oxygen atoms in total. The summed E-state index contributed by atoms with van der Waals surface area (Å²) in [6.45, 7) is 0.764. The molecular formula is C36H36N2O. The average Bonchev–Trinajstić information content (AvgIpc) is 3.00. The lowest BCUT2D eigenvalue weighted by molar-refractivity contribution is 0.304. The van der Waals surface area contributed by atoms with Gasteiger partial charge in [0.05, 0.1) is 29.9 Å². The van der Waals surface area contributed by atoms with E-state index in [4.69, 9.17) is 15.3 Å². The van der Waals surface area contributed by atoms with E-state index in [0.717, 1.165) is 41.9 Å². The Morgan fingerprint density at radius 2 is 0.821 bits per heavy atom. The molecule has 0 fully saturated rings. The number of rotatable bonds is 14. The predicted molar refractivity (Wildman–Crippen MR) is 159 cm³/mol. The highest BCUT2D eigenvalue weighted by Gasteiger charge is 2.02. The second-order valence-electron chi connectivity index (χ2n) is 10.0. The molecule has 0 heterocycles. The summed E-state index contributed by atoms with van der Waals surface area (Å²) in [5.74, 6) is 0.913. The minimum atomic E-state index is 0.679. The molecule has 3 heteroatoms. The molecule has 0 unspecified atom stereocenters. The molecular weight excluding hydrogens is 476 g/mol. The van der Waals surface area contributed by atoms with Gasteiger partial charge < -0.3 is 4.74 Å². The van der Waals surface area contributed by atoms with E-state index in [1.807, 2.05) is 60.7 Å². The highest BCUT2D eigenvalue weighted by Crippen LogP contribution is 2.24. The summed E-state index contributed by atoms with van der Waals surface area (Å²) in [5, 5.41) is 17.9. The van der Waals surface area contributed by atoms with E-state index >= 15 is 0 Å². The Kier molecular flexibility index (Phi) is 10.8. The highest BCUT2D eigenvalue weighted by molar-refractivity contribution is 5.65. The van der Waals surface area contributed by atoms with Crippen molar-refractivity contribution in [3.63, 3.8) is 0 Å². The van der Waals surface area contributed by atoms with E-state index in [-0.39, 0.29) is 0 Å². The van der Waals surface area contributed by atoms with Crippen LogP contribution in [-0.4, -0.2) is 6.61 Å². The monoisotopic (exact) mass is 512 g/mol. The molecule has 0 aliphatic rings. The minimum absolute atomic E-state index is 0.679. The summed E-state index contributed by atoms with van der Waals surface area (Å²) in [6.07, 6.45) is 11.2. The number of aryl methyl sites for hydroxylation is 1. The van der Waals surface area contributed by atoms with Crippen LogP contribution in [0.4, 0.5) is 0 Å². The third kappa shape index (κ3) is 8.87. The van der Waals surface area contributed by atoms with Gasteiger partial charge in [0.2, 0.25) is 0 Å². The summed E-state index contributed by atoms with van der Waals surface area (Å²) < 4.78 is 5.92. The van der Waals surface area contributed by atoms with Gasteiger partial charge in [0.1, 0.15) is 5.75 Å². The number of hydrogen-bond acceptors (Lipinski definition) is 3. The zero-order valence-electron chi connectivity index (χ0n) is 22.6. The van der Waals surface area contributed by atoms with Crippen molar-refractivity contribution in [1.82, 2.24) is 0 Å². The molecule has 0 spiro atoms. The highest BCUT2D eigenvalue weighted by atomic mass is 16.5. The molecule has 0 bridgehead atoms. The van der Waals surface area contributed by atoms with Crippen molar-refractivity contribution in [3.8, 4) is 40.1 Å². The topological polar surface area (TPSA) is 56.8 Å². The van der Waals surface area contributed by atoms with Crippen molar-refractivity contribution in [1.29, 1.82) is 10.5 Å². The molecule has 0 aromatic heterocycles. The second-order valence-corrected chi connectivity index (χ2v) is 10.0. The van der Waals surface area contributed by atoms with Gasteiger partial charge in [-0.25, -0.2) is 0 Å². The number of hydrogen-bond donors (Lipinski definition) is 0. The molecule has 0 saturated heterocycles. The van der Waals surface area contributed by atoms with Crippen LogP contribution < -0.4 is 4.74 Å². The second kappa shape index (κ2) is 15.2. The van der Waals surface area contributed by atoms with Crippen molar-refractivity contribution in [2.24, 2.45) is 0 Å². The Bertz CT molecular complexity index is 1250. The third-order valence-electron chi connectivity index (χ3n) is 7.13. The molecule has 0 radical (unpaired) electrons. The first-order chi connectivity index (χ1) is 19.2. The lowest BCUT2D eigenvalue weighted by Crippen LogP contribution is -1.97. The summed E-state index contributed by atoms with van der Waals surface area (Å²) in [7, 11) is 0. The minimum Gasteiger partial charge on any atom is -0.494 e. The summed E-state index contributed by atoms with van der Waals surface area (Å²) >= 11 is 0. The molecule has 0 aliphatic heterocycles. The number of benzene rings is 4. The number of nitriles is 2. The molecule has 196 valence electrons. The van der Waals surface area contributed by atoms with E-state index in [2.05, 4.69) is 48.5 Å². The standard InChI is InChI=1S/C36H36N2O/c37-27-30-12-18-33(19-13-30)32-16-10-29(11-17-32)9-7-5-3-1-2-4-6-8-26-39-36-24-22-35(23-25-36)34-20-14-31(28-38)15-21-34/h10-25H,1-9,26H2. The SMILES string of the molecule is N#Cc1ccc(-c2ccc(CCCCCCCCCCOc3ccc(-c4ccc(C#N)cc4)cc3)cc2)cc1. The summed E-state index contributed by atoms with van der Waals surface area (Å²) in [4.78, 5) is 0. The quantitative estimate of drug-likeness (QED) is 0.158. The van der Waals surface area contributed by atoms with Gasteiger partial charge in [0, 0.05) is 0 Å². The van der Waals surface area contributed by atoms with Crippen molar-refractivity contribution < 1.29 is 4.74 Å². The first-order valence-electron chi connectivity index (χ1n) is 14.1. The fourth-order valence-electron chi connectivity index (χ4n) is 4.76. The van der Waals surface area contributed by atoms with Crippen molar-refractivity contribution in [3.05, 3.63) is 114 Å². The lowest BCUT2D eigenvalue weighted by Gasteiger charge is -2.08. The smallest absolute Gasteiger partial charge is 0.119 e. The van der Waals surface area contributed by atoms with E-state index in [0.29, 0.717) is 11.1 Å². The molecule has 0 N–H and O–H groups in total. The van der Waals surface area contributed by atoms with E-state index in [1.165, 1.54) is 56.1 Å². The van der Waals surface area contributed by atoms with Crippen LogP contribution in [0, 0.1) is 22.7 Å². The fourth-order valence-corrected chi connectivity index (χ4v) is 4.76. The molecule has 4 aromatic carbocycles. The van der Waals surface area contributed by atoms with Gasteiger partial charge in [-0.3, -0.25) is 0 Å². The maximum atomic E-state index is 8.95. The first-order valence-corrected chi connectivity index (χ1v) is 14.1. The molecule has 4 rings (SSSR count). The maximum absolute atomic E-state index is 8.95. The van der Waals surface area contributed by atoms with Crippen molar-refractivity contribution in [2.75, 3.05) is 6.61 Å². The zero-order valence-corrected chi connectivity index (χ0v) is 22.6. The van der Waals surface area contributed by atoms with Gasteiger partial charge in [-0.1, -0.05) is 99.2 Å². The van der Waals surface area contributed by atoms with Gasteiger partial charge in [-0.05, 0) is 83.5 Å². The molecule has 0 atom stereocenters. The van der Waals surface area contributed by atoms with Crippen molar-refractivity contribution >= 4 is 0 Å². The first kappa shape index (κ1) is 27.7.